The minimum Gasteiger partial charge on any atom is -0.330 e. The third-order valence-corrected chi connectivity index (χ3v) is 3.69. The number of halogens is 2. The van der Waals surface area contributed by atoms with Crippen LogP contribution in [0.4, 0.5) is 4.39 Å². The Morgan fingerprint density at radius 1 is 1.37 bits per heavy atom. The summed E-state index contributed by atoms with van der Waals surface area (Å²) in [7, 11) is 0. The van der Waals surface area contributed by atoms with Crippen LogP contribution in [-0.4, -0.2) is 12.3 Å². The number of ketones is 1. The molecule has 19 heavy (non-hydrogen) atoms. The summed E-state index contributed by atoms with van der Waals surface area (Å²) < 4.78 is 13.6. The van der Waals surface area contributed by atoms with E-state index in [2.05, 4.69) is 13.8 Å². The Balaban J connectivity index is 2.64. The largest absolute Gasteiger partial charge is 0.330 e. The predicted molar refractivity (Wildman–Crippen MR) is 77.0 cm³/mol. The fraction of sp³-hybridized carbons (Fsp3) is 0.533. The molecule has 1 rings (SSSR count). The van der Waals surface area contributed by atoms with Gasteiger partial charge in [0.25, 0.3) is 0 Å². The van der Waals surface area contributed by atoms with E-state index in [0.29, 0.717) is 29.8 Å². The number of nitrogens with two attached hydrogens (primary N) is 1. The van der Waals surface area contributed by atoms with Crippen LogP contribution in [0.5, 0.6) is 0 Å². The van der Waals surface area contributed by atoms with Gasteiger partial charge in [0.2, 0.25) is 0 Å². The molecule has 0 heterocycles. The lowest BCUT2D eigenvalue weighted by Crippen LogP contribution is -2.16. The fourth-order valence-electron chi connectivity index (χ4n) is 2.19. The number of rotatable bonds is 7. The Bertz CT molecular complexity index is 434. The zero-order valence-electron chi connectivity index (χ0n) is 11.5. The third kappa shape index (κ3) is 4.92. The summed E-state index contributed by atoms with van der Waals surface area (Å²) in [6.45, 7) is 4.85. The van der Waals surface area contributed by atoms with Gasteiger partial charge in [0, 0.05) is 11.4 Å². The van der Waals surface area contributed by atoms with E-state index in [-0.39, 0.29) is 11.3 Å². The van der Waals surface area contributed by atoms with Gasteiger partial charge in [-0.3, -0.25) is 4.79 Å². The molecule has 1 aromatic carbocycles. The molecule has 0 bridgehead atoms. The zero-order chi connectivity index (χ0) is 14.4. The van der Waals surface area contributed by atoms with Crippen LogP contribution in [0.25, 0.3) is 0 Å². The van der Waals surface area contributed by atoms with Gasteiger partial charge in [0.15, 0.2) is 5.78 Å². The van der Waals surface area contributed by atoms with Crippen LogP contribution in [-0.2, 0) is 0 Å². The third-order valence-electron chi connectivity index (χ3n) is 3.45. The highest BCUT2D eigenvalue weighted by Crippen LogP contribution is 2.23. The summed E-state index contributed by atoms with van der Waals surface area (Å²) >= 11 is 5.67. The number of Topliss-reactive ketones (excluding diaryl/α,β-unsaturated/α-hetero) is 1. The molecule has 0 saturated carbocycles. The highest BCUT2D eigenvalue weighted by Gasteiger charge is 2.17. The molecule has 0 aliphatic rings. The number of benzene rings is 1. The maximum Gasteiger partial charge on any atom is 0.165 e. The minimum absolute atomic E-state index is 0.125. The number of hydrogen-bond acceptors (Lipinski definition) is 2. The molecule has 0 aliphatic heterocycles. The minimum atomic E-state index is -0.544. The second kappa shape index (κ2) is 7.61. The Labute approximate surface area is 119 Å². The lowest BCUT2D eigenvalue weighted by molar-refractivity contribution is 0.0965. The molecular formula is C15H21ClFNO. The monoisotopic (exact) mass is 285 g/mol. The van der Waals surface area contributed by atoms with Gasteiger partial charge in [-0.15, -0.1) is 0 Å². The molecule has 0 amide bonds. The van der Waals surface area contributed by atoms with Gasteiger partial charge < -0.3 is 5.73 Å². The van der Waals surface area contributed by atoms with E-state index in [1.807, 2.05) is 0 Å². The summed E-state index contributed by atoms with van der Waals surface area (Å²) in [5.41, 5.74) is 5.69. The summed E-state index contributed by atoms with van der Waals surface area (Å²) in [5.74, 6) is 0.171. The van der Waals surface area contributed by atoms with E-state index in [1.165, 1.54) is 18.2 Å². The highest BCUT2D eigenvalue weighted by molar-refractivity contribution is 6.30. The molecule has 1 unspecified atom stereocenters. The van der Waals surface area contributed by atoms with Gasteiger partial charge in [-0.05, 0) is 49.4 Å². The van der Waals surface area contributed by atoms with Crippen LogP contribution in [0.1, 0.15) is 43.5 Å². The lowest BCUT2D eigenvalue weighted by atomic mass is 9.87. The summed E-state index contributed by atoms with van der Waals surface area (Å²) in [4.78, 5) is 12.0. The molecule has 1 atom stereocenters. The molecule has 1 aromatic rings. The van der Waals surface area contributed by atoms with Crippen molar-refractivity contribution in [3.05, 3.63) is 34.6 Å². The van der Waals surface area contributed by atoms with Crippen molar-refractivity contribution < 1.29 is 9.18 Å². The van der Waals surface area contributed by atoms with Crippen molar-refractivity contribution in [3.8, 4) is 0 Å². The van der Waals surface area contributed by atoms with Crippen molar-refractivity contribution >= 4 is 17.4 Å². The molecule has 2 nitrogen and oxygen atoms in total. The normalized spacial score (nSPS) is 12.7. The second-order valence-electron chi connectivity index (χ2n) is 5.17. The topological polar surface area (TPSA) is 43.1 Å². The SMILES string of the molecule is CC(C)C(CCN)CCC(=O)c1ccc(Cl)cc1F. The van der Waals surface area contributed by atoms with E-state index in [1.54, 1.807) is 0 Å². The molecule has 0 spiro atoms. The summed E-state index contributed by atoms with van der Waals surface area (Å²) in [6, 6.07) is 4.17. The molecule has 0 saturated heterocycles. The molecule has 106 valence electrons. The maximum atomic E-state index is 13.6. The van der Waals surface area contributed by atoms with E-state index >= 15 is 0 Å². The van der Waals surface area contributed by atoms with E-state index < -0.39 is 5.82 Å². The van der Waals surface area contributed by atoms with Gasteiger partial charge in [0.1, 0.15) is 5.82 Å². The van der Waals surface area contributed by atoms with Crippen molar-refractivity contribution in [2.75, 3.05) is 6.54 Å². The van der Waals surface area contributed by atoms with Crippen LogP contribution in [0, 0.1) is 17.7 Å². The van der Waals surface area contributed by atoms with E-state index in [0.717, 1.165) is 12.8 Å². The standard InChI is InChI=1S/C15H21ClFNO/c1-10(2)11(7-8-18)3-6-15(19)13-5-4-12(16)9-14(13)17/h4-5,9-11H,3,6-8,18H2,1-2H3. The van der Waals surface area contributed by atoms with Gasteiger partial charge >= 0.3 is 0 Å². The molecule has 0 aromatic heterocycles. The first kappa shape index (κ1) is 16.1. The van der Waals surface area contributed by atoms with Gasteiger partial charge in [0.05, 0.1) is 5.56 Å². The van der Waals surface area contributed by atoms with Crippen molar-refractivity contribution in [2.24, 2.45) is 17.6 Å². The first-order chi connectivity index (χ1) is 8.95. The van der Waals surface area contributed by atoms with Gasteiger partial charge in [-0.2, -0.15) is 0 Å². The van der Waals surface area contributed by atoms with Gasteiger partial charge in [-0.1, -0.05) is 25.4 Å². The smallest absolute Gasteiger partial charge is 0.165 e. The average molecular weight is 286 g/mol. The van der Waals surface area contributed by atoms with Crippen LogP contribution in [0.15, 0.2) is 18.2 Å². The molecular weight excluding hydrogens is 265 g/mol. The van der Waals surface area contributed by atoms with Crippen molar-refractivity contribution in [3.63, 3.8) is 0 Å². The number of carbonyl (C=O) groups excluding carboxylic acids is 1. The first-order valence-corrected chi connectivity index (χ1v) is 7.01. The Morgan fingerprint density at radius 3 is 2.58 bits per heavy atom. The van der Waals surface area contributed by atoms with Crippen LogP contribution in [0.2, 0.25) is 5.02 Å². The summed E-state index contributed by atoms with van der Waals surface area (Å²) in [5, 5.41) is 0.303. The van der Waals surface area contributed by atoms with Crippen LogP contribution in [0.3, 0.4) is 0 Å². The van der Waals surface area contributed by atoms with Gasteiger partial charge in [-0.25, -0.2) is 4.39 Å². The molecule has 0 radical (unpaired) electrons. The predicted octanol–water partition coefficient (Wildman–Crippen LogP) is 4.06. The Morgan fingerprint density at radius 2 is 2.05 bits per heavy atom. The molecule has 2 N–H and O–H groups in total. The lowest BCUT2D eigenvalue weighted by Gasteiger charge is -2.19. The van der Waals surface area contributed by atoms with E-state index in [4.69, 9.17) is 17.3 Å². The van der Waals surface area contributed by atoms with E-state index in [9.17, 15) is 9.18 Å². The number of hydrogen-bond donors (Lipinski definition) is 1. The number of carbonyl (C=O) groups is 1. The van der Waals surface area contributed by atoms with Crippen molar-refractivity contribution in [2.45, 2.75) is 33.1 Å². The average Bonchev–Trinajstić information content (AvgIpc) is 2.33. The first-order valence-electron chi connectivity index (χ1n) is 6.64. The molecule has 4 heteroatoms. The highest BCUT2D eigenvalue weighted by atomic mass is 35.5. The van der Waals surface area contributed by atoms with Crippen LogP contribution >= 0.6 is 11.6 Å². The second-order valence-corrected chi connectivity index (χ2v) is 5.60. The quantitative estimate of drug-likeness (QED) is 0.768. The zero-order valence-corrected chi connectivity index (χ0v) is 12.2. The Hall–Kier alpha value is -0.930. The van der Waals surface area contributed by atoms with Crippen molar-refractivity contribution in [1.29, 1.82) is 0 Å². The molecule has 0 aliphatic carbocycles. The molecule has 0 fully saturated rings. The summed E-state index contributed by atoms with van der Waals surface area (Å²) in [6.07, 6.45) is 1.99. The van der Waals surface area contributed by atoms with Crippen LogP contribution < -0.4 is 5.73 Å². The van der Waals surface area contributed by atoms with Crippen molar-refractivity contribution in [1.82, 2.24) is 0 Å². The Kier molecular flexibility index (Phi) is 6.46. The fourth-order valence-corrected chi connectivity index (χ4v) is 2.35. The maximum absolute atomic E-state index is 13.6.